The van der Waals surface area contributed by atoms with Crippen LogP contribution in [0.4, 0.5) is 0 Å². The van der Waals surface area contributed by atoms with Gasteiger partial charge in [-0.3, -0.25) is 0 Å². The minimum Gasteiger partial charge on any atom is -0.214 e. The smallest absolute Gasteiger partial charge is 0.172 e. The summed E-state index contributed by atoms with van der Waals surface area (Å²) in [6.07, 6.45) is 10.1. The molecule has 0 aliphatic carbocycles. The average Bonchev–Trinajstić information content (AvgIpc) is 3.77. The molecule has 0 unspecified atom stereocenters. The Balaban J connectivity index is 0.000000237. The average molecular weight is 800 g/mol. The van der Waals surface area contributed by atoms with Gasteiger partial charge in [0.25, 0.3) is 0 Å². The Morgan fingerprint density at radius 2 is 0.942 bits per heavy atom. The first-order valence-corrected chi connectivity index (χ1v) is 28.3. The van der Waals surface area contributed by atoms with Crippen molar-refractivity contribution < 1.29 is 24.2 Å². The van der Waals surface area contributed by atoms with Gasteiger partial charge in [0, 0.05) is 16.1 Å². The molecule has 0 bridgehead atoms. The minimum absolute atomic E-state index is 0.912. The molecule has 6 aromatic carbocycles. The van der Waals surface area contributed by atoms with Crippen molar-refractivity contribution in [3.8, 4) is 0 Å². The fraction of sp³-hybridized carbons (Fsp3) is 0.367. The fourth-order valence-electron chi connectivity index (χ4n) is 6.97. The first-order valence-electron chi connectivity index (χ1n) is 19.7. The van der Waals surface area contributed by atoms with Gasteiger partial charge in [-0.1, -0.05) is 98.6 Å². The normalized spacial score (nSPS) is 11.6. The van der Waals surface area contributed by atoms with Gasteiger partial charge in [0.05, 0.1) is 0 Å². The van der Waals surface area contributed by atoms with E-state index in [-0.39, 0.29) is 0 Å². The standard InChI is InChI=1S/C29H45Si2.C15H14.C5H5.Zr/c1-22-17-26-19-27-18-23(2)25(14-10-12-16-31(6,7)8)21-29(27)28(26)20-24(22)13-9-11-15-30(3,4)5;1-3-8-14(9-4-1)12-7-13-15-10-5-2-6-11-15;1-2-4-5-3-1;/h17-21H,9-16H2,1-8H3;1-6,8-11H,12-13H2;1-5H;/q-1;;-1;+2. The summed E-state index contributed by atoms with van der Waals surface area (Å²) in [5, 5.41) is 5.80. The monoisotopic (exact) mass is 798 g/mol. The number of hydrogen-bond donors (Lipinski definition) is 0. The van der Waals surface area contributed by atoms with Crippen molar-refractivity contribution in [3.05, 3.63) is 155 Å². The largest absolute Gasteiger partial charge is 0.214 e. The molecule has 6 rings (SSSR count). The molecule has 6 aromatic rings. The molecule has 0 aliphatic rings. The molecular formula is C49H64Si2Zr. The Morgan fingerprint density at radius 1 is 0.538 bits per heavy atom. The van der Waals surface area contributed by atoms with Crippen LogP contribution in [0.1, 0.15) is 59.1 Å². The van der Waals surface area contributed by atoms with Crippen molar-refractivity contribution in [3.63, 3.8) is 0 Å². The number of hydrogen-bond acceptors (Lipinski definition) is 0. The number of unbranched alkanes of at least 4 members (excludes halogenated alkanes) is 2. The van der Waals surface area contributed by atoms with E-state index in [0.29, 0.717) is 0 Å². The molecule has 52 heavy (non-hydrogen) atoms. The molecule has 272 valence electrons. The third-order valence-electron chi connectivity index (χ3n) is 9.94. The number of rotatable bonds is 14. The van der Waals surface area contributed by atoms with Crippen LogP contribution in [-0.2, 0) is 49.9 Å². The molecule has 0 spiro atoms. The van der Waals surface area contributed by atoms with E-state index in [4.69, 9.17) is 0 Å². The van der Waals surface area contributed by atoms with Gasteiger partial charge in [-0.05, 0) is 39.5 Å². The molecule has 0 saturated heterocycles. The third-order valence-corrected chi connectivity index (χ3v) is 14.5. The van der Waals surface area contributed by atoms with E-state index < -0.39 is 16.1 Å². The van der Waals surface area contributed by atoms with Gasteiger partial charge in [-0.25, -0.2) is 12.1 Å². The Labute approximate surface area is 334 Å². The van der Waals surface area contributed by atoms with Crippen molar-refractivity contribution in [2.45, 2.75) is 117 Å². The summed E-state index contributed by atoms with van der Waals surface area (Å²) in [4.78, 5) is 0. The second kappa shape index (κ2) is 20.7. The van der Waals surface area contributed by atoms with E-state index in [1.54, 1.807) is 38.6 Å². The van der Waals surface area contributed by atoms with Crippen LogP contribution in [0, 0.1) is 13.8 Å². The van der Waals surface area contributed by atoms with Crippen LogP contribution in [0.3, 0.4) is 0 Å². The van der Waals surface area contributed by atoms with Gasteiger partial charge in [0.2, 0.25) is 0 Å². The van der Waals surface area contributed by atoms with Gasteiger partial charge in [0.15, 0.2) is 0 Å². The minimum atomic E-state index is -0.912. The van der Waals surface area contributed by atoms with Crippen molar-refractivity contribution in [1.82, 2.24) is 0 Å². The van der Waals surface area contributed by atoms with Gasteiger partial charge in [0.1, 0.15) is 0 Å². The maximum absolute atomic E-state index is 2.52. The van der Waals surface area contributed by atoms with Crippen LogP contribution in [0.5, 0.6) is 0 Å². The second-order valence-electron chi connectivity index (χ2n) is 17.3. The fourth-order valence-corrected chi connectivity index (χ4v) is 10.6. The zero-order valence-corrected chi connectivity index (χ0v) is 38.1. The Bertz CT molecular complexity index is 1770. The van der Waals surface area contributed by atoms with Crippen molar-refractivity contribution in [1.29, 1.82) is 0 Å². The van der Waals surface area contributed by atoms with Crippen LogP contribution < -0.4 is 0 Å². The molecular weight excluding hydrogens is 736 g/mol. The molecule has 0 aromatic heterocycles. The van der Waals surface area contributed by atoms with Crippen molar-refractivity contribution in [2.24, 2.45) is 0 Å². The zero-order valence-electron chi connectivity index (χ0n) is 33.6. The molecule has 0 N–H and O–H groups in total. The van der Waals surface area contributed by atoms with E-state index in [1.807, 2.05) is 30.3 Å². The molecule has 3 heteroatoms. The van der Waals surface area contributed by atoms with E-state index >= 15 is 0 Å². The van der Waals surface area contributed by atoms with Gasteiger partial charge in [-0.15, -0.1) is 39.7 Å². The molecule has 0 radical (unpaired) electrons. The predicted octanol–water partition coefficient (Wildman–Crippen LogP) is 14.2. The molecule has 0 atom stereocenters. The maximum Gasteiger partial charge on any atom is -0.172 e. The van der Waals surface area contributed by atoms with Gasteiger partial charge >= 0.3 is 112 Å². The number of benzene rings is 4. The molecule has 0 heterocycles. The first kappa shape index (κ1) is 42.0. The molecule has 0 amide bonds. The first-order chi connectivity index (χ1) is 24.8. The van der Waals surface area contributed by atoms with E-state index in [9.17, 15) is 0 Å². The quantitative estimate of drug-likeness (QED) is 0.0585. The Hall–Kier alpha value is -2.71. The van der Waals surface area contributed by atoms with Crippen LogP contribution in [0.25, 0.3) is 21.5 Å². The molecule has 0 nitrogen and oxygen atoms in total. The second-order valence-corrected chi connectivity index (χ2v) is 30.3. The Morgan fingerprint density at radius 3 is 1.29 bits per heavy atom. The number of fused-ring (bicyclic) bond motifs is 3. The molecule has 0 aliphatic heterocycles. The van der Waals surface area contributed by atoms with Crippen molar-refractivity contribution >= 4 is 40.9 Å². The van der Waals surface area contributed by atoms with Crippen molar-refractivity contribution in [2.75, 3.05) is 0 Å². The Kier molecular flexibility index (Phi) is 16.7. The third kappa shape index (κ3) is 15.0. The van der Waals surface area contributed by atoms with Gasteiger partial charge in [-0.2, -0.15) is 18.2 Å². The van der Waals surface area contributed by atoms with E-state index in [1.165, 1.54) is 94.4 Å². The van der Waals surface area contributed by atoms with Crippen LogP contribution in [0.2, 0.25) is 51.4 Å². The van der Waals surface area contributed by atoms with Crippen LogP contribution in [-0.4, -0.2) is 19.4 Å². The summed E-state index contributed by atoms with van der Waals surface area (Å²) in [6.45, 7) is 19.6. The number of aryl methyl sites for hydroxylation is 4. The summed E-state index contributed by atoms with van der Waals surface area (Å²) in [6, 6.07) is 46.6. The summed E-state index contributed by atoms with van der Waals surface area (Å²) in [5.74, 6) is 0. The van der Waals surface area contributed by atoms with E-state index in [0.717, 1.165) is 12.8 Å². The summed E-state index contributed by atoms with van der Waals surface area (Å²) < 4.78 is 1.60. The molecule has 0 saturated carbocycles. The topological polar surface area (TPSA) is 0 Å². The van der Waals surface area contributed by atoms with Gasteiger partial charge < -0.3 is 0 Å². The van der Waals surface area contributed by atoms with Crippen LogP contribution >= 0.6 is 0 Å². The predicted molar refractivity (Wildman–Crippen MR) is 236 cm³/mol. The van der Waals surface area contributed by atoms with E-state index in [2.05, 4.69) is 144 Å². The summed E-state index contributed by atoms with van der Waals surface area (Å²) >= 11 is 1.55. The molecule has 0 fully saturated rings. The summed E-state index contributed by atoms with van der Waals surface area (Å²) in [7, 11) is -1.82. The maximum atomic E-state index is 2.52. The zero-order chi connectivity index (χ0) is 37.6. The SMILES string of the molecule is Cc1cc2[cH-]c3cc(C)c(CCCC[Si](C)(C)C)cc3c2cc1CCCC[Si](C)(C)C.[Zr+2]=[C](Cc1ccccc1)Cc1ccccc1.c1cc[cH-]c1. The van der Waals surface area contributed by atoms with Crippen LogP contribution in [0.15, 0.2) is 121 Å². The summed E-state index contributed by atoms with van der Waals surface area (Å²) in [5.41, 5.74) is 8.91.